The second-order valence-electron chi connectivity index (χ2n) is 6.42. The SMILES string of the molecule is OC(c1ccccn1)C1(C2=CCCC(C(F)(F)F)C2)CCC1. The molecule has 2 nitrogen and oxygen atoms in total. The molecule has 2 atom stereocenters. The largest absolute Gasteiger partial charge is 0.392 e. The maximum atomic E-state index is 13.0. The van der Waals surface area contributed by atoms with Crippen LogP contribution in [-0.2, 0) is 0 Å². The van der Waals surface area contributed by atoms with E-state index in [1.54, 1.807) is 24.4 Å². The summed E-state index contributed by atoms with van der Waals surface area (Å²) >= 11 is 0. The number of hydrogen-bond donors (Lipinski definition) is 1. The highest BCUT2D eigenvalue weighted by molar-refractivity contribution is 5.27. The van der Waals surface area contributed by atoms with Gasteiger partial charge < -0.3 is 5.11 Å². The summed E-state index contributed by atoms with van der Waals surface area (Å²) in [6.07, 6.45) is 1.60. The number of hydrogen-bond acceptors (Lipinski definition) is 2. The van der Waals surface area contributed by atoms with E-state index in [-0.39, 0.29) is 12.8 Å². The van der Waals surface area contributed by atoms with Crippen molar-refractivity contribution < 1.29 is 18.3 Å². The predicted molar refractivity (Wildman–Crippen MR) is 77.0 cm³/mol. The van der Waals surface area contributed by atoms with Crippen molar-refractivity contribution in [2.45, 2.75) is 50.8 Å². The minimum Gasteiger partial charge on any atom is -0.386 e. The molecule has 5 heteroatoms. The number of aliphatic hydroxyl groups excluding tert-OH is 1. The lowest BCUT2D eigenvalue weighted by Gasteiger charge is -2.49. The number of allylic oxidation sites excluding steroid dienone is 1. The van der Waals surface area contributed by atoms with Crippen LogP contribution in [0.1, 0.15) is 50.3 Å². The second-order valence-corrected chi connectivity index (χ2v) is 6.42. The van der Waals surface area contributed by atoms with Crippen LogP contribution in [0.25, 0.3) is 0 Å². The third-order valence-corrected chi connectivity index (χ3v) is 5.21. The molecule has 1 fully saturated rings. The van der Waals surface area contributed by atoms with Crippen LogP contribution in [0.5, 0.6) is 0 Å². The molecule has 0 aliphatic heterocycles. The summed E-state index contributed by atoms with van der Waals surface area (Å²) in [5, 5.41) is 10.7. The molecule has 0 saturated heterocycles. The summed E-state index contributed by atoms with van der Waals surface area (Å²) in [6.45, 7) is 0. The van der Waals surface area contributed by atoms with Crippen molar-refractivity contribution in [3.8, 4) is 0 Å². The van der Waals surface area contributed by atoms with Crippen molar-refractivity contribution in [2.24, 2.45) is 11.3 Å². The van der Waals surface area contributed by atoms with Gasteiger partial charge in [-0.2, -0.15) is 13.2 Å². The Morgan fingerprint density at radius 1 is 1.27 bits per heavy atom. The van der Waals surface area contributed by atoms with Crippen molar-refractivity contribution in [3.05, 3.63) is 41.7 Å². The Bertz CT molecular complexity index is 549. The topological polar surface area (TPSA) is 33.1 Å². The van der Waals surface area contributed by atoms with Gasteiger partial charge in [0.2, 0.25) is 0 Å². The molecule has 0 spiro atoms. The van der Waals surface area contributed by atoms with Crippen molar-refractivity contribution in [3.63, 3.8) is 0 Å². The molecule has 22 heavy (non-hydrogen) atoms. The van der Waals surface area contributed by atoms with Crippen LogP contribution >= 0.6 is 0 Å². The van der Waals surface area contributed by atoms with Crippen molar-refractivity contribution in [1.29, 1.82) is 0 Å². The highest BCUT2D eigenvalue weighted by Gasteiger charge is 2.50. The van der Waals surface area contributed by atoms with E-state index in [1.807, 2.05) is 6.08 Å². The van der Waals surface area contributed by atoms with E-state index >= 15 is 0 Å². The first-order valence-electron chi connectivity index (χ1n) is 7.79. The summed E-state index contributed by atoms with van der Waals surface area (Å²) in [5.41, 5.74) is 0.792. The molecule has 0 amide bonds. The number of rotatable bonds is 3. The van der Waals surface area contributed by atoms with Gasteiger partial charge in [-0.1, -0.05) is 24.1 Å². The first-order chi connectivity index (χ1) is 10.4. The molecule has 1 aromatic heterocycles. The van der Waals surface area contributed by atoms with Gasteiger partial charge in [0.05, 0.1) is 11.6 Å². The number of pyridine rings is 1. The Labute approximate surface area is 128 Å². The van der Waals surface area contributed by atoms with E-state index in [0.717, 1.165) is 24.8 Å². The first kappa shape index (κ1) is 15.5. The average molecular weight is 311 g/mol. The third kappa shape index (κ3) is 2.67. The van der Waals surface area contributed by atoms with Gasteiger partial charge in [0.15, 0.2) is 0 Å². The Kier molecular flexibility index (Phi) is 4.02. The molecule has 3 rings (SSSR count). The summed E-state index contributed by atoms with van der Waals surface area (Å²) in [7, 11) is 0. The molecule has 2 unspecified atom stereocenters. The fourth-order valence-corrected chi connectivity index (χ4v) is 3.74. The smallest absolute Gasteiger partial charge is 0.386 e. The average Bonchev–Trinajstić information content (AvgIpc) is 2.46. The molecule has 2 aliphatic rings. The number of halogens is 3. The van der Waals surface area contributed by atoms with E-state index < -0.39 is 23.6 Å². The number of alkyl halides is 3. The first-order valence-corrected chi connectivity index (χ1v) is 7.79. The van der Waals surface area contributed by atoms with Crippen LogP contribution < -0.4 is 0 Å². The maximum Gasteiger partial charge on any atom is 0.392 e. The second kappa shape index (κ2) is 5.69. The summed E-state index contributed by atoms with van der Waals surface area (Å²) in [6, 6.07) is 5.31. The van der Waals surface area contributed by atoms with E-state index in [9.17, 15) is 18.3 Å². The van der Waals surface area contributed by atoms with Gasteiger partial charge >= 0.3 is 6.18 Å². The third-order valence-electron chi connectivity index (χ3n) is 5.21. The standard InChI is InChI=1S/C17H20F3NO/c18-17(19,20)13-6-3-5-12(11-13)16(8-4-9-16)15(22)14-7-1-2-10-21-14/h1-2,5,7,10,13,15,22H,3-4,6,8-9,11H2. The molecule has 1 N–H and O–H groups in total. The minimum absolute atomic E-state index is 0.0212. The predicted octanol–water partition coefficient (Wildman–Crippen LogP) is 4.57. The lowest BCUT2D eigenvalue weighted by Crippen LogP contribution is -2.41. The van der Waals surface area contributed by atoms with Gasteiger partial charge in [0, 0.05) is 11.6 Å². The van der Waals surface area contributed by atoms with E-state index in [4.69, 9.17) is 0 Å². The van der Waals surface area contributed by atoms with Gasteiger partial charge in [-0.3, -0.25) is 4.98 Å². The Balaban J connectivity index is 1.86. The molecule has 1 saturated carbocycles. The number of nitrogens with zero attached hydrogens (tertiary/aromatic N) is 1. The van der Waals surface area contributed by atoms with Crippen LogP contribution in [0.4, 0.5) is 13.2 Å². The monoisotopic (exact) mass is 311 g/mol. The van der Waals surface area contributed by atoms with Crippen LogP contribution in [0.3, 0.4) is 0 Å². The lowest BCUT2D eigenvalue weighted by atomic mass is 9.57. The zero-order valence-corrected chi connectivity index (χ0v) is 12.3. The van der Waals surface area contributed by atoms with Crippen molar-refractivity contribution >= 4 is 0 Å². The lowest BCUT2D eigenvalue weighted by molar-refractivity contribution is -0.178. The fourth-order valence-electron chi connectivity index (χ4n) is 3.74. The van der Waals surface area contributed by atoms with Crippen LogP contribution in [0.2, 0.25) is 0 Å². The van der Waals surface area contributed by atoms with E-state index in [0.29, 0.717) is 12.1 Å². The molecule has 2 aliphatic carbocycles. The summed E-state index contributed by atoms with van der Waals surface area (Å²) in [4.78, 5) is 4.19. The van der Waals surface area contributed by atoms with Gasteiger partial charge in [-0.25, -0.2) is 0 Å². The van der Waals surface area contributed by atoms with Crippen molar-refractivity contribution in [2.75, 3.05) is 0 Å². The highest BCUT2D eigenvalue weighted by atomic mass is 19.4. The summed E-state index contributed by atoms with van der Waals surface area (Å²) in [5.74, 6) is -1.28. The van der Waals surface area contributed by atoms with Gasteiger partial charge in [-0.15, -0.1) is 0 Å². The quantitative estimate of drug-likeness (QED) is 0.829. The van der Waals surface area contributed by atoms with Crippen LogP contribution in [0, 0.1) is 11.3 Å². The number of aromatic nitrogens is 1. The molecule has 0 radical (unpaired) electrons. The molecule has 0 bridgehead atoms. The van der Waals surface area contributed by atoms with Gasteiger partial charge in [-0.05, 0) is 44.2 Å². The van der Waals surface area contributed by atoms with Gasteiger partial charge in [0.1, 0.15) is 6.10 Å². The van der Waals surface area contributed by atoms with E-state index in [2.05, 4.69) is 4.98 Å². The molecular weight excluding hydrogens is 291 g/mol. The molecule has 1 heterocycles. The van der Waals surface area contributed by atoms with Crippen LogP contribution in [0.15, 0.2) is 36.0 Å². The summed E-state index contributed by atoms with van der Waals surface area (Å²) < 4.78 is 39.1. The molecule has 120 valence electrons. The number of aliphatic hydroxyl groups is 1. The minimum atomic E-state index is -4.15. The maximum absolute atomic E-state index is 13.0. The normalized spacial score (nSPS) is 26.0. The highest BCUT2D eigenvalue weighted by Crippen LogP contribution is 2.58. The Hall–Kier alpha value is -1.36. The zero-order valence-electron chi connectivity index (χ0n) is 12.3. The molecule has 1 aromatic rings. The fraction of sp³-hybridized carbons (Fsp3) is 0.588. The Morgan fingerprint density at radius 3 is 2.59 bits per heavy atom. The Morgan fingerprint density at radius 2 is 2.05 bits per heavy atom. The van der Waals surface area contributed by atoms with Crippen LogP contribution in [-0.4, -0.2) is 16.3 Å². The zero-order chi connectivity index (χ0) is 15.8. The molecule has 0 aromatic carbocycles. The molecular formula is C17H20F3NO. The van der Waals surface area contributed by atoms with Crippen molar-refractivity contribution in [1.82, 2.24) is 4.98 Å². The van der Waals surface area contributed by atoms with Gasteiger partial charge in [0.25, 0.3) is 0 Å². The van der Waals surface area contributed by atoms with E-state index in [1.165, 1.54) is 0 Å².